The van der Waals surface area contributed by atoms with Gasteiger partial charge in [-0.15, -0.1) is 0 Å². The van der Waals surface area contributed by atoms with Gasteiger partial charge in [-0.05, 0) is 31.0 Å². The zero-order chi connectivity index (χ0) is 21.3. The van der Waals surface area contributed by atoms with Crippen molar-refractivity contribution in [1.29, 1.82) is 0 Å². The van der Waals surface area contributed by atoms with Crippen LogP contribution in [0.3, 0.4) is 0 Å². The number of nitrogens with one attached hydrogen (secondary N) is 1. The average Bonchev–Trinajstić information content (AvgIpc) is 3.28. The molecule has 0 amide bonds. The van der Waals surface area contributed by atoms with E-state index < -0.39 is 0 Å². The number of rotatable bonds is 8. The summed E-state index contributed by atoms with van der Waals surface area (Å²) >= 11 is 1.50. The summed E-state index contributed by atoms with van der Waals surface area (Å²) in [5.74, 6) is 3.41. The molecule has 1 N–H and O–H groups in total. The topological polar surface area (TPSA) is 75.1 Å². The number of aromatic nitrogens is 2. The highest BCUT2D eigenvalue weighted by Gasteiger charge is 2.22. The zero-order valence-electron chi connectivity index (χ0n) is 18.3. The third-order valence-corrected chi connectivity index (χ3v) is 5.88. The highest BCUT2D eigenvalue weighted by Crippen LogP contribution is 2.27. The van der Waals surface area contributed by atoms with Crippen molar-refractivity contribution in [3.05, 3.63) is 29.6 Å². The smallest absolute Gasteiger partial charge is 0.205 e. The third-order valence-electron chi connectivity index (χ3n) is 5.07. The van der Waals surface area contributed by atoms with Crippen LogP contribution in [0.25, 0.3) is 0 Å². The number of guanidine groups is 1. The predicted octanol–water partition coefficient (Wildman–Crippen LogP) is 2.45. The van der Waals surface area contributed by atoms with Crippen LogP contribution in [0.1, 0.15) is 25.2 Å². The average molecular weight is 433 g/mol. The van der Waals surface area contributed by atoms with Gasteiger partial charge in [0.05, 0.1) is 14.2 Å². The maximum Gasteiger partial charge on any atom is 0.205 e. The van der Waals surface area contributed by atoms with Crippen molar-refractivity contribution < 1.29 is 9.47 Å². The molecule has 164 valence electrons. The Morgan fingerprint density at radius 1 is 1.13 bits per heavy atom. The number of hydrogen-bond donors (Lipinski definition) is 1. The molecule has 2 heterocycles. The van der Waals surface area contributed by atoms with Gasteiger partial charge in [-0.1, -0.05) is 13.0 Å². The lowest BCUT2D eigenvalue weighted by Crippen LogP contribution is -2.52. The van der Waals surface area contributed by atoms with Crippen molar-refractivity contribution in [3.8, 4) is 11.5 Å². The molecule has 1 aromatic heterocycles. The number of hydrogen-bond acceptors (Lipinski definition) is 7. The van der Waals surface area contributed by atoms with Crippen molar-refractivity contribution >= 4 is 22.6 Å². The van der Waals surface area contributed by atoms with E-state index in [2.05, 4.69) is 44.4 Å². The van der Waals surface area contributed by atoms with Crippen LogP contribution < -0.4 is 19.7 Å². The van der Waals surface area contributed by atoms with Gasteiger partial charge in [0.15, 0.2) is 17.5 Å². The molecule has 0 aliphatic carbocycles. The van der Waals surface area contributed by atoms with Crippen LogP contribution >= 0.6 is 11.5 Å². The summed E-state index contributed by atoms with van der Waals surface area (Å²) in [4.78, 5) is 14.1. The first-order valence-corrected chi connectivity index (χ1v) is 11.3. The van der Waals surface area contributed by atoms with Crippen LogP contribution in [0, 0.1) is 0 Å². The lowest BCUT2D eigenvalue weighted by molar-refractivity contribution is 0.354. The number of aryl methyl sites for hydroxylation is 1. The largest absolute Gasteiger partial charge is 0.493 e. The summed E-state index contributed by atoms with van der Waals surface area (Å²) in [7, 11) is 3.31. The maximum atomic E-state index is 5.40. The molecule has 0 saturated carbocycles. The Kier molecular flexibility index (Phi) is 8.12. The van der Waals surface area contributed by atoms with Gasteiger partial charge in [0.1, 0.15) is 5.82 Å². The molecule has 2 aromatic rings. The molecule has 1 aliphatic heterocycles. The number of benzene rings is 1. The second-order valence-electron chi connectivity index (χ2n) is 7.00. The van der Waals surface area contributed by atoms with Gasteiger partial charge in [-0.2, -0.15) is 4.37 Å². The SMILES string of the molecule is CCNC(=NCCc1ccc(OC)c(OC)c1)N1CCN(c2nc(CC)ns2)CC1. The normalized spacial score (nSPS) is 14.7. The minimum atomic E-state index is 0.717. The van der Waals surface area contributed by atoms with Crippen molar-refractivity contribution in [1.82, 2.24) is 19.6 Å². The fourth-order valence-electron chi connectivity index (χ4n) is 3.38. The van der Waals surface area contributed by atoms with E-state index in [1.165, 1.54) is 17.1 Å². The summed E-state index contributed by atoms with van der Waals surface area (Å²) in [5.41, 5.74) is 1.18. The van der Waals surface area contributed by atoms with Crippen molar-refractivity contribution in [2.45, 2.75) is 26.7 Å². The molecule has 0 bridgehead atoms. The van der Waals surface area contributed by atoms with Crippen molar-refractivity contribution in [2.24, 2.45) is 4.99 Å². The van der Waals surface area contributed by atoms with Crippen LogP contribution in [-0.2, 0) is 12.8 Å². The first-order valence-electron chi connectivity index (χ1n) is 10.5. The van der Waals surface area contributed by atoms with Gasteiger partial charge in [0.2, 0.25) is 5.13 Å². The Bertz CT molecular complexity index is 833. The van der Waals surface area contributed by atoms with Gasteiger partial charge in [0.25, 0.3) is 0 Å². The number of nitrogens with zero attached hydrogens (tertiary/aromatic N) is 5. The summed E-state index contributed by atoms with van der Waals surface area (Å²) in [6.07, 6.45) is 1.73. The highest BCUT2D eigenvalue weighted by atomic mass is 32.1. The summed E-state index contributed by atoms with van der Waals surface area (Å²) in [6, 6.07) is 6.03. The number of aliphatic imine (C=N–C) groups is 1. The molecule has 0 radical (unpaired) electrons. The van der Waals surface area contributed by atoms with E-state index >= 15 is 0 Å². The Hall–Kier alpha value is -2.55. The second kappa shape index (κ2) is 11.0. The fraction of sp³-hybridized carbons (Fsp3) is 0.571. The van der Waals surface area contributed by atoms with E-state index in [9.17, 15) is 0 Å². The van der Waals surface area contributed by atoms with Crippen molar-refractivity contribution in [3.63, 3.8) is 0 Å². The third kappa shape index (κ3) is 5.53. The van der Waals surface area contributed by atoms with Gasteiger partial charge >= 0.3 is 0 Å². The fourth-order valence-corrected chi connectivity index (χ4v) is 4.18. The summed E-state index contributed by atoms with van der Waals surface area (Å²) in [5, 5.41) is 4.46. The Labute approximate surface area is 183 Å². The van der Waals surface area contributed by atoms with Gasteiger partial charge in [0, 0.05) is 57.2 Å². The Morgan fingerprint density at radius 2 is 1.90 bits per heavy atom. The molecule has 0 unspecified atom stereocenters. The number of ether oxygens (including phenoxy) is 2. The lowest BCUT2D eigenvalue weighted by Gasteiger charge is -2.36. The lowest BCUT2D eigenvalue weighted by atomic mass is 10.1. The standard InChI is InChI=1S/C21H32N6O2S/c1-5-19-24-21(30-25-19)27-13-11-26(12-14-27)20(22-6-2)23-10-9-16-7-8-17(28-3)18(15-16)29-4/h7-8,15H,5-6,9-14H2,1-4H3,(H,22,23). The van der Waals surface area contributed by atoms with Crippen LogP contribution in [0.15, 0.2) is 23.2 Å². The Balaban J connectivity index is 1.57. The van der Waals surface area contributed by atoms with E-state index in [1.807, 2.05) is 12.1 Å². The molecule has 1 saturated heterocycles. The first-order chi connectivity index (χ1) is 14.7. The van der Waals surface area contributed by atoms with Crippen molar-refractivity contribution in [2.75, 3.05) is 58.4 Å². The number of methoxy groups -OCH3 is 2. The summed E-state index contributed by atoms with van der Waals surface area (Å²) < 4.78 is 15.1. The van der Waals surface area contributed by atoms with E-state index in [1.54, 1.807) is 14.2 Å². The molecule has 9 heteroatoms. The van der Waals surface area contributed by atoms with E-state index in [-0.39, 0.29) is 0 Å². The van der Waals surface area contributed by atoms with Gasteiger partial charge in [-0.3, -0.25) is 4.99 Å². The molecule has 8 nitrogen and oxygen atoms in total. The molecular formula is C21H32N6O2S. The minimum Gasteiger partial charge on any atom is -0.493 e. The molecule has 1 aromatic carbocycles. The molecule has 0 spiro atoms. The minimum absolute atomic E-state index is 0.717. The molecule has 30 heavy (non-hydrogen) atoms. The zero-order valence-corrected chi connectivity index (χ0v) is 19.2. The van der Waals surface area contributed by atoms with E-state index in [0.717, 1.165) is 74.0 Å². The summed E-state index contributed by atoms with van der Waals surface area (Å²) in [6.45, 7) is 9.46. The predicted molar refractivity (Wildman–Crippen MR) is 122 cm³/mol. The number of anilines is 1. The quantitative estimate of drug-likeness (QED) is 0.507. The number of piperazine rings is 1. The van der Waals surface area contributed by atoms with E-state index in [4.69, 9.17) is 14.5 Å². The van der Waals surface area contributed by atoms with Crippen LogP contribution in [0.2, 0.25) is 0 Å². The molecule has 1 fully saturated rings. The highest BCUT2D eigenvalue weighted by molar-refractivity contribution is 7.09. The van der Waals surface area contributed by atoms with Crippen LogP contribution in [-0.4, -0.2) is 73.7 Å². The first kappa shape index (κ1) is 22.1. The van der Waals surface area contributed by atoms with Crippen LogP contribution in [0.5, 0.6) is 11.5 Å². The molecule has 3 rings (SSSR count). The Morgan fingerprint density at radius 3 is 2.53 bits per heavy atom. The maximum absolute atomic E-state index is 5.40. The molecular weight excluding hydrogens is 400 g/mol. The monoisotopic (exact) mass is 432 g/mol. The molecule has 1 aliphatic rings. The van der Waals surface area contributed by atoms with E-state index in [0.29, 0.717) is 6.54 Å². The second-order valence-corrected chi connectivity index (χ2v) is 7.73. The molecule has 0 atom stereocenters. The van der Waals surface area contributed by atoms with Gasteiger partial charge < -0.3 is 24.6 Å². The van der Waals surface area contributed by atoms with Crippen LogP contribution in [0.4, 0.5) is 5.13 Å². The van der Waals surface area contributed by atoms with Gasteiger partial charge in [-0.25, -0.2) is 4.98 Å².